The number of nitrogens with one attached hydrogen (secondary N) is 4. The van der Waals surface area contributed by atoms with Gasteiger partial charge in [-0.1, -0.05) is 32.0 Å². The van der Waals surface area contributed by atoms with Crippen LogP contribution in [0.2, 0.25) is 0 Å². The number of aromatic nitrogens is 3. The molecule has 4 N–H and O–H groups in total. The van der Waals surface area contributed by atoms with Gasteiger partial charge in [-0.3, -0.25) is 9.59 Å². The van der Waals surface area contributed by atoms with E-state index in [2.05, 4.69) is 30.5 Å². The van der Waals surface area contributed by atoms with Crippen LogP contribution in [0.4, 0.5) is 0 Å². The second-order valence-electron chi connectivity index (χ2n) is 6.95. The molecule has 1 aromatic heterocycles. The molecule has 2 rings (SSSR count). The zero-order valence-corrected chi connectivity index (χ0v) is 17.4. The summed E-state index contributed by atoms with van der Waals surface area (Å²) in [6.07, 6.45) is 1.54. The van der Waals surface area contributed by atoms with Gasteiger partial charge in [-0.25, -0.2) is 23.2 Å². The highest BCUT2D eigenvalue weighted by Crippen LogP contribution is 2.10. The summed E-state index contributed by atoms with van der Waals surface area (Å²) < 4.78 is 26.2. The minimum Gasteiger partial charge on any atom is -0.353 e. The van der Waals surface area contributed by atoms with E-state index in [0.717, 1.165) is 11.9 Å². The number of benzene rings is 1. The van der Waals surface area contributed by atoms with E-state index in [1.165, 1.54) is 0 Å². The van der Waals surface area contributed by atoms with Crippen molar-refractivity contribution in [3.8, 4) is 0 Å². The van der Waals surface area contributed by atoms with Gasteiger partial charge in [0.05, 0.1) is 0 Å². The lowest BCUT2D eigenvalue weighted by Crippen LogP contribution is -2.49. The van der Waals surface area contributed by atoms with Gasteiger partial charge in [0.25, 0.3) is 21.1 Å². The average Bonchev–Trinajstić information content (AvgIpc) is 3.20. The number of hydrogen-bond donors (Lipinski definition) is 4. The number of aromatic amines is 1. The van der Waals surface area contributed by atoms with Gasteiger partial charge in [0.2, 0.25) is 5.91 Å². The summed E-state index contributed by atoms with van der Waals surface area (Å²) in [6, 6.07) is 6.40. The van der Waals surface area contributed by atoms with Gasteiger partial charge in [0.1, 0.15) is 12.4 Å². The van der Waals surface area contributed by atoms with Crippen molar-refractivity contribution in [2.75, 3.05) is 13.1 Å². The Morgan fingerprint density at radius 1 is 1.17 bits per heavy atom. The van der Waals surface area contributed by atoms with Crippen molar-refractivity contribution in [2.24, 2.45) is 5.92 Å². The number of H-pyrrole nitrogens is 1. The summed E-state index contributed by atoms with van der Waals surface area (Å²) in [5.41, 5.74) is 1.32. The fraction of sp³-hybridized carbons (Fsp3) is 0.444. The molecular formula is C18H26N6O4S. The van der Waals surface area contributed by atoms with Crippen molar-refractivity contribution < 1.29 is 18.0 Å². The normalized spacial score (nSPS) is 12.6. The van der Waals surface area contributed by atoms with Gasteiger partial charge in [-0.15, -0.1) is 0 Å². The van der Waals surface area contributed by atoms with Crippen molar-refractivity contribution in [2.45, 2.75) is 38.4 Å². The molecule has 0 fully saturated rings. The SMILES string of the molecule is Cc1ccccc1C(=O)N[C@H](CC(C)C)C(=O)NCCNS(=O)(=O)c1ncn[nH]1. The quantitative estimate of drug-likeness (QED) is 0.407. The van der Waals surface area contributed by atoms with E-state index in [0.29, 0.717) is 12.0 Å². The predicted octanol–water partition coefficient (Wildman–Crippen LogP) is 0.352. The molecule has 0 aliphatic carbocycles. The molecular weight excluding hydrogens is 396 g/mol. The Morgan fingerprint density at radius 2 is 1.90 bits per heavy atom. The Labute approximate surface area is 169 Å². The van der Waals surface area contributed by atoms with E-state index in [9.17, 15) is 18.0 Å². The molecule has 2 aromatic rings. The van der Waals surface area contributed by atoms with Crippen molar-refractivity contribution >= 4 is 21.8 Å². The highest BCUT2D eigenvalue weighted by atomic mass is 32.2. The molecule has 0 bridgehead atoms. The topological polar surface area (TPSA) is 146 Å². The first-order valence-corrected chi connectivity index (χ1v) is 10.7. The van der Waals surface area contributed by atoms with Gasteiger partial charge in [0.15, 0.2) is 0 Å². The molecule has 10 nitrogen and oxygen atoms in total. The number of rotatable bonds is 10. The molecule has 0 saturated carbocycles. The monoisotopic (exact) mass is 422 g/mol. The van der Waals surface area contributed by atoms with Crippen LogP contribution in [-0.2, 0) is 14.8 Å². The lowest BCUT2D eigenvalue weighted by Gasteiger charge is -2.20. The molecule has 1 heterocycles. The number of nitrogens with zero attached hydrogens (tertiary/aromatic N) is 2. The van der Waals surface area contributed by atoms with Crippen LogP contribution in [0.15, 0.2) is 35.7 Å². The van der Waals surface area contributed by atoms with Crippen LogP contribution in [0.1, 0.15) is 36.2 Å². The summed E-state index contributed by atoms with van der Waals surface area (Å²) in [7, 11) is -3.81. The predicted molar refractivity (Wildman–Crippen MR) is 106 cm³/mol. The molecule has 0 radical (unpaired) electrons. The third-order valence-electron chi connectivity index (χ3n) is 4.08. The minimum absolute atomic E-state index is 0.0328. The second kappa shape index (κ2) is 10.1. The molecule has 158 valence electrons. The maximum atomic E-state index is 12.6. The minimum atomic E-state index is -3.81. The first kappa shape index (κ1) is 22.5. The van der Waals surface area contributed by atoms with Crippen molar-refractivity contribution in [3.05, 3.63) is 41.7 Å². The average molecular weight is 423 g/mol. The van der Waals surface area contributed by atoms with E-state index in [1.807, 2.05) is 32.9 Å². The summed E-state index contributed by atoms with van der Waals surface area (Å²) in [6.45, 7) is 5.75. The summed E-state index contributed by atoms with van der Waals surface area (Å²) in [5, 5.41) is 10.9. The number of amides is 2. The van der Waals surface area contributed by atoms with E-state index in [1.54, 1.807) is 12.1 Å². The number of sulfonamides is 1. The molecule has 0 aliphatic heterocycles. The zero-order chi connectivity index (χ0) is 21.4. The highest BCUT2D eigenvalue weighted by Gasteiger charge is 2.23. The highest BCUT2D eigenvalue weighted by molar-refractivity contribution is 7.89. The third-order valence-corrected chi connectivity index (χ3v) is 5.37. The maximum Gasteiger partial charge on any atom is 0.275 e. The van der Waals surface area contributed by atoms with Crippen molar-refractivity contribution in [1.29, 1.82) is 0 Å². The first-order valence-electron chi connectivity index (χ1n) is 9.20. The molecule has 0 spiro atoms. The summed E-state index contributed by atoms with van der Waals surface area (Å²) in [5.74, 6) is -0.526. The van der Waals surface area contributed by atoms with Gasteiger partial charge >= 0.3 is 0 Å². The van der Waals surface area contributed by atoms with Crippen LogP contribution in [-0.4, -0.2) is 54.5 Å². The number of carbonyl (C=O) groups excluding carboxylic acids is 2. The largest absolute Gasteiger partial charge is 0.353 e. The van der Waals surface area contributed by atoms with Crippen molar-refractivity contribution in [3.63, 3.8) is 0 Å². The Morgan fingerprint density at radius 3 is 2.52 bits per heavy atom. The van der Waals surface area contributed by atoms with Crippen LogP contribution in [0.25, 0.3) is 0 Å². The van der Waals surface area contributed by atoms with Crippen LogP contribution < -0.4 is 15.4 Å². The van der Waals surface area contributed by atoms with Crippen LogP contribution >= 0.6 is 0 Å². The molecule has 1 atom stereocenters. The summed E-state index contributed by atoms with van der Waals surface area (Å²) in [4.78, 5) is 28.7. The Kier molecular flexibility index (Phi) is 7.85. The molecule has 2 amide bonds. The van der Waals surface area contributed by atoms with E-state index in [-0.39, 0.29) is 36.0 Å². The van der Waals surface area contributed by atoms with Crippen LogP contribution in [0, 0.1) is 12.8 Å². The lowest BCUT2D eigenvalue weighted by atomic mass is 10.0. The van der Waals surface area contributed by atoms with Crippen molar-refractivity contribution in [1.82, 2.24) is 30.5 Å². The smallest absolute Gasteiger partial charge is 0.275 e. The fourth-order valence-corrected chi connectivity index (χ4v) is 3.52. The molecule has 0 aliphatic rings. The molecule has 1 aromatic carbocycles. The number of carbonyl (C=O) groups is 2. The fourth-order valence-electron chi connectivity index (χ4n) is 2.65. The first-order chi connectivity index (χ1) is 13.7. The molecule has 29 heavy (non-hydrogen) atoms. The zero-order valence-electron chi connectivity index (χ0n) is 16.6. The van der Waals surface area contributed by atoms with Gasteiger partial charge in [-0.2, -0.15) is 5.10 Å². The number of aryl methyl sites for hydroxylation is 1. The third kappa shape index (κ3) is 6.64. The lowest BCUT2D eigenvalue weighted by molar-refractivity contribution is -0.123. The maximum absolute atomic E-state index is 12.6. The van der Waals surface area contributed by atoms with Crippen LogP contribution in [0.3, 0.4) is 0 Å². The summed E-state index contributed by atoms with van der Waals surface area (Å²) >= 11 is 0. The Hall–Kier alpha value is -2.79. The standard InChI is InChI=1S/C18H26N6O4S/c1-12(2)10-15(23-16(25)14-7-5-4-6-13(14)3)17(26)19-8-9-22-29(27,28)18-20-11-21-24-18/h4-7,11-12,15,22H,8-10H2,1-3H3,(H,19,26)(H,23,25)(H,20,21,24)/t15-/m1/s1. The Bertz CT molecular complexity index is 928. The Balaban J connectivity index is 1.91. The second-order valence-corrected chi connectivity index (χ2v) is 8.63. The van der Waals surface area contributed by atoms with Gasteiger partial charge in [0, 0.05) is 18.7 Å². The molecule has 0 saturated heterocycles. The van der Waals surface area contributed by atoms with Gasteiger partial charge in [-0.05, 0) is 30.9 Å². The van der Waals surface area contributed by atoms with Crippen LogP contribution in [0.5, 0.6) is 0 Å². The molecule has 0 unspecified atom stereocenters. The number of hydrogen-bond acceptors (Lipinski definition) is 6. The van der Waals surface area contributed by atoms with E-state index >= 15 is 0 Å². The molecule has 11 heteroatoms. The van der Waals surface area contributed by atoms with E-state index < -0.39 is 16.1 Å². The van der Waals surface area contributed by atoms with Gasteiger partial charge < -0.3 is 10.6 Å². The van der Waals surface area contributed by atoms with E-state index in [4.69, 9.17) is 0 Å².